The van der Waals surface area contributed by atoms with Crippen LogP contribution in [-0.4, -0.2) is 89.7 Å². The second kappa shape index (κ2) is 10.9. The zero-order valence-electron chi connectivity index (χ0n) is 24.5. The maximum absolute atomic E-state index is 13.6. The molecule has 12 nitrogen and oxygen atoms in total. The molecular formula is C29H31F3N10O2. The van der Waals surface area contributed by atoms with E-state index in [1.54, 1.807) is 26.2 Å². The number of fused-ring (bicyclic) bond motifs is 1. The molecule has 230 valence electrons. The third-order valence-electron chi connectivity index (χ3n) is 8.78. The number of hydrogen-bond acceptors (Lipinski definition) is 9. The smallest absolute Gasteiger partial charge is 0.373 e. The molecule has 1 saturated heterocycles. The number of hydrogen-bond donors (Lipinski definition) is 1. The Morgan fingerprint density at radius 1 is 1.18 bits per heavy atom. The molecule has 0 spiro atoms. The summed E-state index contributed by atoms with van der Waals surface area (Å²) in [4.78, 5) is 36.1. The maximum Gasteiger partial charge on any atom is 0.451 e. The van der Waals surface area contributed by atoms with Gasteiger partial charge in [-0.05, 0) is 38.8 Å². The van der Waals surface area contributed by atoms with Crippen molar-refractivity contribution < 1.29 is 22.7 Å². The van der Waals surface area contributed by atoms with E-state index >= 15 is 0 Å². The molecular weight excluding hydrogens is 577 g/mol. The van der Waals surface area contributed by atoms with Gasteiger partial charge in [-0.3, -0.25) is 14.4 Å². The van der Waals surface area contributed by atoms with Crippen molar-refractivity contribution in [1.29, 1.82) is 5.26 Å². The van der Waals surface area contributed by atoms with E-state index in [1.165, 1.54) is 24.4 Å². The number of nitriles is 1. The van der Waals surface area contributed by atoms with Crippen LogP contribution in [0.2, 0.25) is 0 Å². The Morgan fingerprint density at radius 3 is 2.61 bits per heavy atom. The molecule has 0 atom stereocenters. The lowest BCUT2D eigenvalue weighted by molar-refractivity contribution is -0.145. The second-order valence-corrected chi connectivity index (χ2v) is 11.8. The van der Waals surface area contributed by atoms with Crippen molar-refractivity contribution >= 4 is 16.9 Å². The topological polar surface area (TPSA) is 142 Å². The lowest BCUT2D eigenvalue weighted by atomic mass is 9.70. The standard InChI is InChI=1S/C29H31F3N10O2/c1-27(2,44-3)22-12-21(38-26(39-22)29(30,31)32)25(43)41-10-8-40(9-11-41)19-13-28(14-19,5-6-33)42-16-18(15-37-42)23-20-4-7-34-24(20)36-17-35-23/h4,7,12,15-17,19H,5,8-11,13-14H2,1-3H3,(H,34,35,36)/t19-,28+. The zero-order valence-corrected chi connectivity index (χ0v) is 24.5. The summed E-state index contributed by atoms with van der Waals surface area (Å²) in [5, 5.41) is 15.2. The summed E-state index contributed by atoms with van der Waals surface area (Å²) in [5.74, 6) is -1.95. The highest BCUT2D eigenvalue weighted by atomic mass is 19.4. The number of aromatic amines is 1. The van der Waals surface area contributed by atoms with E-state index in [9.17, 15) is 23.2 Å². The average Bonchev–Trinajstić information content (AvgIpc) is 3.68. The summed E-state index contributed by atoms with van der Waals surface area (Å²) in [7, 11) is 1.37. The Morgan fingerprint density at radius 2 is 1.93 bits per heavy atom. The Labute approximate surface area is 250 Å². The molecule has 2 aliphatic rings. The number of carbonyl (C=O) groups excluding carboxylic acids is 1. The molecule has 0 aromatic carbocycles. The van der Waals surface area contributed by atoms with Crippen molar-refractivity contribution in [2.75, 3.05) is 33.3 Å². The molecule has 0 bridgehead atoms. The highest BCUT2D eigenvalue weighted by Crippen LogP contribution is 2.45. The minimum Gasteiger partial charge on any atom is -0.373 e. The Hall–Kier alpha value is -4.42. The van der Waals surface area contributed by atoms with Crippen LogP contribution < -0.4 is 0 Å². The first kappa shape index (κ1) is 29.6. The predicted octanol–water partition coefficient (Wildman–Crippen LogP) is 3.74. The van der Waals surface area contributed by atoms with Crippen LogP contribution in [0, 0.1) is 11.3 Å². The molecule has 1 N–H and O–H groups in total. The van der Waals surface area contributed by atoms with Gasteiger partial charge in [0.2, 0.25) is 5.82 Å². The molecule has 4 aromatic rings. The highest BCUT2D eigenvalue weighted by Gasteiger charge is 2.49. The number of carbonyl (C=O) groups is 1. The third-order valence-corrected chi connectivity index (χ3v) is 8.78. The number of piperazine rings is 1. The molecule has 1 aliphatic carbocycles. The monoisotopic (exact) mass is 608 g/mol. The zero-order chi connectivity index (χ0) is 31.3. The van der Waals surface area contributed by atoms with E-state index in [4.69, 9.17) is 4.74 Å². The number of nitrogens with one attached hydrogen (secondary N) is 1. The summed E-state index contributed by atoms with van der Waals surface area (Å²) in [6.07, 6.45) is 3.87. The SMILES string of the molecule is COC(C)(C)c1cc(C(=O)N2CCN([C@H]3C[C@@](CC#N)(n4cc(-c5ncnc6[nH]ccc56)cn4)C3)CC2)nc(C(F)(F)F)n1. The van der Waals surface area contributed by atoms with Crippen molar-refractivity contribution in [3.05, 3.63) is 54.3 Å². The van der Waals surface area contributed by atoms with Crippen LogP contribution >= 0.6 is 0 Å². The number of methoxy groups -OCH3 is 1. The molecule has 0 unspecified atom stereocenters. The number of aromatic nitrogens is 7. The summed E-state index contributed by atoms with van der Waals surface area (Å²) >= 11 is 0. The molecule has 1 amide bonds. The number of rotatable bonds is 7. The minimum atomic E-state index is -4.81. The normalized spacial score (nSPS) is 21.3. The number of ether oxygens (including phenoxy) is 1. The minimum absolute atomic E-state index is 0.0216. The fourth-order valence-corrected chi connectivity index (χ4v) is 5.99. The van der Waals surface area contributed by atoms with Gasteiger partial charge in [0.15, 0.2) is 0 Å². The van der Waals surface area contributed by atoms with E-state index in [0.29, 0.717) is 45.4 Å². The van der Waals surface area contributed by atoms with E-state index in [1.807, 2.05) is 16.9 Å². The van der Waals surface area contributed by atoms with Crippen molar-refractivity contribution in [3.63, 3.8) is 0 Å². The van der Waals surface area contributed by atoms with E-state index < -0.39 is 29.0 Å². The Kier molecular flexibility index (Phi) is 7.37. The van der Waals surface area contributed by atoms with E-state index in [2.05, 4.69) is 41.0 Å². The van der Waals surface area contributed by atoms with Gasteiger partial charge in [-0.2, -0.15) is 23.5 Å². The summed E-state index contributed by atoms with van der Waals surface area (Å²) < 4.78 is 47.9. The molecule has 5 heterocycles. The molecule has 2 fully saturated rings. The van der Waals surface area contributed by atoms with Crippen LogP contribution in [0.1, 0.15) is 55.1 Å². The van der Waals surface area contributed by atoms with Gasteiger partial charge >= 0.3 is 6.18 Å². The first-order valence-corrected chi connectivity index (χ1v) is 14.2. The Balaban J connectivity index is 1.13. The third kappa shape index (κ3) is 5.28. The number of H-pyrrole nitrogens is 1. The second-order valence-electron chi connectivity index (χ2n) is 11.8. The summed E-state index contributed by atoms with van der Waals surface area (Å²) in [6.45, 7) is 4.91. The molecule has 0 radical (unpaired) electrons. The van der Waals surface area contributed by atoms with Gasteiger partial charge in [0.1, 0.15) is 23.3 Å². The van der Waals surface area contributed by atoms with Gasteiger partial charge in [0.25, 0.3) is 5.91 Å². The highest BCUT2D eigenvalue weighted by molar-refractivity contribution is 5.92. The van der Waals surface area contributed by atoms with Gasteiger partial charge in [0, 0.05) is 62.7 Å². The maximum atomic E-state index is 13.6. The molecule has 15 heteroatoms. The summed E-state index contributed by atoms with van der Waals surface area (Å²) in [6, 6.07) is 5.68. The fraction of sp³-hybridized carbons (Fsp3) is 0.483. The van der Waals surface area contributed by atoms with Crippen LogP contribution in [0.5, 0.6) is 0 Å². The van der Waals surface area contributed by atoms with Crippen molar-refractivity contribution in [2.24, 2.45) is 0 Å². The van der Waals surface area contributed by atoms with Crippen LogP contribution in [0.3, 0.4) is 0 Å². The largest absolute Gasteiger partial charge is 0.451 e. The average molecular weight is 609 g/mol. The van der Waals surface area contributed by atoms with Crippen LogP contribution in [0.15, 0.2) is 37.1 Å². The molecule has 6 rings (SSSR count). The number of alkyl halides is 3. The molecule has 4 aromatic heterocycles. The number of nitrogens with zero attached hydrogens (tertiary/aromatic N) is 9. The van der Waals surface area contributed by atoms with Crippen LogP contribution in [0.25, 0.3) is 22.3 Å². The molecule has 1 aliphatic heterocycles. The number of halogens is 3. The van der Waals surface area contributed by atoms with Gasteiger partial charge in [-0.25, -0.2) is 19.9 Å². The van der Waals surface area contributed by atoms with Crippen molar-refractivity contribution in [1.82, 2.24) is 44.5 Å². The lowest BCUT2D eigenvalue weighted by Gasteiger charge is -2.52. The fourth-order valence-electron chi connectivity index (χ4n) is 5.99. The van der Waals surface area contributed by atoms with Crippen molar-refractivity contribution in [2.45, 2.75) is 56.5 Å². The lowest BCUT2D eigenvalue weighted by Crippen LogP contribution is -2.60. The number of amides is 1. The predicted molar refractivity (Wildman–Crippen MR) is 151 cm³/mol. The van der Waals surface area contributed by atoms with E-state index in [-0.39, 0.29) is 17.4 Å². The van der Waals surface area contributed by atoms with Gasteiger partial charge in [0.05, 0.1) is 35.6 Å². The van der Waals surface area contributed by atoms with Gasteiger partial charge in [-0.15, -0.1) is 0 Å². The van der Waals surface area contributed by atoms with Crippen LogP contribution in [-0.2, 0) is 22.1 Å². The first-order valence-electron chi connectivity index (χ1n) is 14.2. The van der Waals surface area contributed by atoms with E-state index in [0.717, 1.165) is 22.3 Å². The quantitative estimate of drug-likeness (QED) is 0.332. The van der Waals surface area contributed by atoms with Gasteiger partial charge < -0.3 is 14.6 Å². The van der Waals surface area contributed by atoms with Gasteiger partial charge in [-0.1, -0.05) is 0 Å². The summed E-state index contributed by atoms with van der Waals surface area (Å²) in [5.41, 5.74) is 0.384. The molecule has 1 saturated carbocycles. The molecule has 44 heavy (non-hydrogen) atoms. The Bertz CT molecular complexity index is 1730. The van der Waals surface area contributed by atoms with Crippen molar-refractivity contribution in [3.8, 4) is 17.3 Å². The van der Waals surface area contributed by atoms with Crippen LogP contribution in [0.4, 0.5) is 13.2 Å². The first-order chi connectivity index (χ1) is 20.9.